The van der Waals surface area contributed by atoms with Crippen LogP contribution in [0.1, 0.15) is 31.5 Å². The van der Waals surface area contributed by atoms with Crippen LogP contribution in [0.5, 0.6) is 0 Å². The van der Waals surface area contributed by atoms with E-state index in [-0.39, 0.29) is 11.9 Å². The highest BCUT2D eigenvalue weighted by Crippen LogP contribution is 2.16. The lowest BCUT2D eigenvalue weighted by Crippen LogP contribution is -2.30. The van der Waals surface area contributed by atoms with Gasteiger partial charge in [-0.2, -0.15) is 4.98 Å². The van der Waals surface area contributed by atoms with Crippen molar-refractivity contribution >= 4 is 11.9 Å². The minimum absolute atomic E-state index is 0.0563. The van der Waals surface area contributed by atoms with Crippen molar-refractivity contribution in [2.45, 2.75) is 32.6 Å². The van der Waals surface area contributed by atoms with E-state index in [1.54, 1.807) is 6.92 Å². The SMILES string of the molecule is Cc1noc(NC(=O)CCC2CCCNC2)n1. The van der Waals surface area contributed by atoms with Crippen molar-refractivity contribution in [1.29, 1.82) is 0 Å². The first-order valence-corrected chi connectivity index (χ1v) is 6.05. The maximum absolute atomic E-state index is 11.6. The first kappa shape index (κ1) is 12.0. The van der Waals surface area contributed by atoms with Crippen LogP contribution in [0.4, 0.5) is 6.01 Å². The lowest BCUT2D eigenvalue weighted by atomic mass is 9.94. The van der Waals surface area contributed by atoms with Crippen LogP contribution >= 0.6 is 0 Å². The van der Waals surface area contributed by atoms with Crippen molar-refractivity contribution in [2.24, 2.45) is 5.92 Å². The van der Waals surface area contributed by atoms with Crippen molar-refractivity contribution in [3.63, 3.8) is 0 Å². The molecule has 0 spiro atoms. The van der Waals surface area contributed by atoms with Gasteiger partial charge in [-0.05, 0) is 45.2 Å². The second-order valence-electron chi connectivity index (χ2n) is 4.45. The molecule has 1 aromatic heterocycles. The molecule has 2 N–H and O–H groups in total. The zero-order valence-corrected chi connectivity index (χ0v) is 10.0. The molecule has 17 heavy (non-hydrogen) atoms. The van der Waals surface area contributed by atoms with Gasteiger partial charge < -0.3 is 9.84 Å². The van der Waals surface area contributed by atoms with E-state index in [0.717, 1.165) is 19.5 Å². The largest absolute Gasteiger partial charge is 0.328 e. The quantitative estimate of drug-likeness (QED) is 0.821. The minimum Gasteiger partial charge on any atom is -0.316 e. The number of anilines is 1. The predicted octanol–water partition coefficient (Wildman–Crippen LogP) is 1.10. The summed E-state index contributed by atoms with van der Waals surface area (Å²) in [7, 11) is 0. The fraction of sp³-hybridized carbons (Fsp3) is 0.727. The Morgan fingerprint density at radius 1 is 1.65 bits per heavy atom. The number of carbonyl (C=O) groups is 1. The molecule has 1 aliphatic rings. The summed E-state index contributed by atoms with van der Waals surface area (Å²) in [5.41, 5.74) is 0. The molecular formula is C11H18N4O2. The highest BCUT2D eigenvalue weighted by molar-refractivity contribution is 5.88. The van der Waals surface area contributed by atoms with Gasteiger partial charge in [0.2, 0.25) is 5.91 Å². The fourth-order valence-electron chi connectivity index (χ4n) is 2.04. The van der Waals surface area contributed by atoms with Gasteiger partial charge in [-0.3, -0.25) is 10.1 Å². The van der Waals surface area contributed by atoms with Crippen LogP contribution in [0.15, 0.2) is 4.52 Å². The number of nitrogens with zero attached hydrogens (tertiary/aromatic N) is 2. The molecule has 0 bridgehead atoms. The summed E-state index contributed by atoms with van der Waals surface area (Å²) < 4.78 is 4.82. The normalized spacial score (nSPS) is 20.2. The summed E-state index contributed by atoms with van der Waals surface area (Å²) in [5, 5.41) is 9.55. The number of rotatable bonds is 4. The number of hydrogen-bond donors (Lipinski definition) is 2. The van der Waals surface area contributed by atoms with E-state index in [9.17, 15) is 4.79 Å². The lowest BCUT2D eigenvalue weighted by molar-refractivity contribution is -0.116. The average molecular weight is 238 g/mol. The topological polar surface area (TPSA) is 80.0 Å². The van der Waals surface area contributed by atoms with Crippen molar-refractivity contribution in [2.75, 3.05) is 18.4 Å². The van der Waals surface area contributed by atoms with E-state index in [2.05, 4.69) is 20.8 Å². The molecule has 1 amide bonds. The van der Waals surface area contributed by atoms with Crippen molar-refractivity contribution in [3.05, 3.63) is 5.82 Å². The molecule has 1 atom stereocenters. The molecule has 1 fully saturated rings. The molecule has 0 aromatic carbocycles. The Bertz CT molecular complexity index is 371. The van der Waals surface area contributed by atoms with Crippen LogP contribution < -0.4 is 10.6 Å². The van der Waals surface area contributed by atoms with E-state index in [1.807, 2.05) is 0 Å². The van der Waals surface area contributed by atoms with Gasteiger partial charge in [0, 0.05) is 6.42 Å². The van der Waals surface area contributed by atoms with E-state index in [0.29, 0.717) is 18.2 Å². The Labute approximate surface area is 100 Å². The van der Waals surface area contributed by atoms with Crippen LogP contribution in [-0.4, -0.2) is 29.1 Å². The first-order chi connectivity index (χ1) is 8.24. The summed E-state index contributed by atoms with van der Waals surface area (Å²) in [6.07, 6.45) is 3.83. The van der Waals surface area contributed by atoms with E-state index in [4.69, 9.17) is 4.52 Å². The zero-order chi connectivity index (χ0) is 12.1. The lowest BCUT2D eigenvalue weighted by Gasteiger charge is -2.22. The standard InChI is InChI=1S/C11H18N4O2/c1-8-13-11(17-15-8)14-10(16)5-4-9-3-2-6-12-7-9/h9,12H,2-7H2,1H3,(H,13,14,15,16). The molecule has 1 saturated heterocycles. The van der Waals surface area contributed by atoms with Gasteiger partial charge in [-0.1, -0.05) is 5.16 Å². The minimum atomic E-state index is -0.0563. The fourth-order valence-corrected chi connectivity index (χ4v) is 2.04. The molecule has 2 heterocycles. The van der Waals surface area contributed by atoms with Crippen LogP contribution in [0, 0.1) is 12.8 Å². The highest BCUT2D eigenvalue weighted by atomic mass is 16.5. The molecule has 1 aromatic rings. The Kier molecular flexibility index (Phi) is 4.08. The number of amides is 1. The summed E-state index contributed by atoms with van der Waals surface area (Å²) >= 11 is 0. The Morgan fingerprint density at radius 3 is 3.18 bits per heavy atom. The van der Waals surface area contributed by atoms with Gasteiger partial charge in [-0.15, -0.1) is 0 Å². The van der Waals surface area contributed by atoms with Crippen LogP contribution in [0.3, 0.4) is 0 Å². The van der Waals surface area contributed by atoms with Gasteiger partial charge in [-0.25, -0.2) is 0 Å². The van der Waals surface area contributed by atoms with E-state index in [1.165, 1.54) is 12.8 Å². The highest BCUT2D eigenvalue weighted by Gasteiger charge is 2.15. The van der Waals surface area contributed by atoms with Gasteiger partial charge in [0.25, 0.3) is 0 Å². The smallest absolute Gasteiger partial charge is 0.316 e. The summed E-state index contributed by atoms with van der Waals surface area (Å²) in [4.78, 5) is 15.5. The number of nitrogens with one attached hydrogen (secondary N) is 2. The summed E-state index contributed by atoms with van der Waals surface area (Å²) in [5.74, 6) is 1.08. The van der Waals surface area contributed by atoms with Gasteiger partial charge >= 0.3 is 6.01 Å². The van der Waals surface area contributed by atoms with Crippen molar-refractivity contribution in [3.8, 4) is 0 Å². The van der Waals surface area contributed by atoms with Gasteiger partial charge in [0.05, 0.1) is 0 Å². The van der Waals surface area contributed by atoms with Gasteiger partial charge in [0.1, 0.15) is 0 Å². The third kappa shape index (κ3) is 3.81. The molecule has 2 rings (SSSR count). The predicted molar refractivity (Wildman–Crippen MR) is 62.5 cm³/mol. The molecule has 1 unspecified atom stereocenters. The number of hydrogen-bond acceptors (Lipinski definition) is 5. The summed E-state index contributed by atoms with van der Waals surface area (Å²) in [6.45, 7) is 3.84. The second kappa shape index (κ2) is 5.77. The van der Waals surface area contributed by atoms with Crippen LogP contribution in [0.25, 0.3) is 0 Å². The summed E-state index contributed by atoms with van der Waals surface area (Å²) in [6, 6.07) is 0.189. The van der Waals surface area contributed by atoms with Crippen molar-refractivity contribution in [1.82, 2.24) is 15.5 Å². The number of piperidine rings is 1. The van der Waals surface area contributed by atoms with E-state index < -0.39 is 0 Å². The molecule has 94 valence electrons. The molecule has 1 aliphatic heterocycles. The van der Waals surface area contributed by atoms with Crippen molar-refractivity contribution < 1.29 is 9.32 Å². The first-order valence-electron chi connectivity index (χ1n) is 6.05. The number of aromatic nitrogens is 2. The molecule has 6 heteroatoms. The molecule has 0 saturated carbocycles. The Morgan fingerprint density at radius 2 is 2.53 bits per heavy atom. The molecule has 0 radical (unpaired) electrons. The van der Waals surface area contributed by atoms with Crippen LogP contribution in [-0.2, 0) is 4.79 Å². The molecule has 0 aliphatic carbocycles. The maximum atomic E-state index is 11.6. The maximum Gasteiger partial charge on any atom is 0.328 e. The third-order valence-corrected chi connectivity index (χ3v) is 2.95. The molecular weight excluding hydrogens is 220 g/mol. The van der Waals surface area contributed by atoms with Gasteiger partial charge in [0.15, 0.2) is 5.82 Å². The zero-order valence-electron chi connectivity index (χ0n) is 10.0. The Balaban J connectivity index is 1.70. The Hall–Kier alpha value is -1.43. The number of aryl methyl sites for hydroxylation is 1. The number of carbonyl (C=O) groups excluding carboxylic acids is 1. The molecule has 6 nitrogen and oxygen atoms in total. The average Bonchev–Trinajstić information content (AvgIpc) is 2.73. The van der Waals surface area contributed by atoms with Crippen LogP contribution in [0.2, 0.25) is 0 Å². The van der Waals surface area contributed by atoms with E-state index >= 15 is 0 Å². The monoisotopic (exact) mass is 238 g/mol. The second-order valence-corrected chi connectivity index (χ2v) is 4.45. The third-order valence-electron chi connectivity index (χ3n) is 2.95.